The fourth-order valence-electron chi connectivity index (χ4n) is 4.04. The average molecular weight is 438 g/mol. The van der Waals surface area contributed by atoms with Gasteiger partial charge in [-0.1, -0.05) is 62.9 Å². The molecule has 0 aliphatic heterocycles. The van der Waals surface area contributed by atoms with Crippen LogP contribution in [-0.2, 0) is 11.3 Å². The molecule has 1 aliphatic carbocycles. The van der Waals surface area contributed by atoms with Gasteiger partial charge in [0, 0.05) is 10.8 Å². The summed E-state index contributed by atoms with van der Waals surface area (Å²) < 4.78 is 5.44. The monoisotopic (exact) mass is 437 g/mol. The Morgan fingerprint density at radius 2 is 2.00 bits per heavy atom. The Morgan fingerprint density at radius 1 is 1.19 bits per heavy atom. The SMILES string of the molecule is CCCCSc1cc2nc(C3CCCCC3)[nH]c2cc1NC(=O)OCc1ccccc1. The molecule has 0 atom stereocenters. The molecule has 2 aromatic carbocycles. The van der Waals surface area contributed by atoms with Crippen LogP contribution in [0.25, 0.3) is 11.0 Å². The number of imidazole rings is 1. The number of fused-ring (bicyclic) bond motifs is 1. The molecule has 5 nitrogen and oxygen atoms in total. The summed E-state index contributed by atoms with van der Waals surface area (Å²) in [5, 5.41) is 2.96. The van der Waals surface area contributed by atoms with Crippen LogP contribution in [0, 0.1) is 0 Å². The number of H-pyrrole nitrogens is 1. The van der Waals surface area contributed by atoms with Crippen LogP contribution in [0.5, 0.6) is 0 Å². The number of carbonyl (C=O) groups excluding carboxylic acids is 1. The Balaban J connectivity index is 1.52. The van der Waals surface area contributed by atoms with Crippen LogP contribution in [0.3, 0.4) is 0 Å². The maximum absolute atomic E-state index is 12.5. The molecule has 0 bridgehead atoms. The van der Waals surface area contributed by atoms with E-state index in [2.05, 4.69) is 23.3 Å². The van der Waals surface area contributed by atoms with Gasteiger partial charge in [-0.15, -0.1) is 11.8 Å². The summed E-state index contributed by atoms with van der Waals surface area (Å²) in [6.07, 6.45) is 8.13. The lowest BCUT2D eigenvalue weighted by Crippen LogP contribution is -2.14. The van der Waals surface area contributed by atoms with Gasteiger partial charge in [0.15, 0.2) is 0 Å². The zero-order chi connectivity index (χ0) is 21.5. The van der Waals surface area contributed by atoms with E-state index in [1.54, 1.807) is 11.8 Å². The molecule has 1 saturated carbocycles. The number of nitrogens with zero attached hydrogens (tertiary/aromatic N) is 1. The summed E-state index contributed by atoms with van der Waals surface area (Å²) in [7, 11) is 0. The Morgan fingerprint density at radius 3 is 2.77 bits per heavy atom. The Labute approximate surface area is 188 Å². The van der Waals surface area contributed by atoms with Gasteiger partial charge in [-0.05, 0) is 42.7 Å². The predicted octanol–water partition coefficient (Wildman–Crippen LogP) is 7.25. The van der Waals surface area contributed by atoms with Gasteiger partial charge in [-0.25, -0.2) is 9.78 Å². The standard InChI is InChI=1S/C25H31N3O2S/c1-2-3-14-31-23-16-21-20(26-24(27-21)19-12-8-5-9-13-19)15-22(23)28-25(29)30-17-18-10-6-4-7-11-18/h4,6-7,10-11,15-16,19H,2-3,5,8-9,12-14,17H2,1H3,(H,26,27)(H,28,29). The molecule has 6 heteroatoms. The quantitative estimate of drug-likeness (QED) is 0.288. The molecule has 0 saturated heterocycles. The Hall–Kier alpha value is -2.47. The van der Waals surface area contributed by atoms with E-state index in [4.69, 9.17) is 9.72 Å². The van der Waals surface area contributed by atoms with Crippen LogP contribution in [-0.4, -0.2) is 21.8 Å². The third-order valence-electron chi connectivity index (χ3n) is 5.80. The number of anilines is 1. The molecule has 164 valence electrons. The van der Waals surface area contributed by atoms with Gasteiger partial charge in [0.25, 0.3) is 0 Å². The van der Waals surface area contributed by atoms with E-state index in [0.29, 0.717) is 5.92 Å². The fourth-order valence-corrected chi connectivity index (χ4v) is 5.15. The maximum atomic E-state index is 12.5. The van der Waals surface area contributed by atoms with E-state index in [1.165, 1.54) is 32.1 Å². The first-order valence-corrected chi connectivity index (χ1v) is 12.4. The first-order chi connectivity index (χ1) is 15.2. The number of ether oxygens (including phenoxy) is 1. The number of unbranched alkanes of at least 4 members (excludes halogenated alkanes) is 1. The summed E-state index contributed by atoms with van der Waals surface area (Å²) in [4.78, 5) is 22.0. The van der Waals surface area contributed by atoms with Gasteiger partial charge in [0.1, 0.15) is 12.4 Å². The van der Waals surface area contributed by atoms with Gasteiger partial charge >= 0.3 is 6.09 Å². The van der Waals surface area contributed by atoms with Crippen LogP contribution in [0.15, 0.2) is 47.4 Å². The molecule has 0 radical (unpaired) electrons. The van der Waals surface area contributed by atoms with Crippen LogP contribution < -0.4 is 5.32 Å². The maximum Gasteiger partial charge on any atom is 0.411 e. The van der Waals surface area contributed by atoms with Crippen molar-refractivity contribution >= 4 is 34.6 Å². The smallest absolute Gasteiger partial charge is 0.411 e. The van der Waals surface area contributed by atoms with Gasteiger partial charge < -0.3 is 9.72 Å². The lowest BCUT2D eigenvalue weighted by Gasteiger charge is -2.18. The van der Waals surface area contributed by atoms with Crippen molar-refractivity contribution in [2.45, 2.75) is 69.3 Å². The molecule has 0 unspecified atom stereocenters. The van der Waals surface area contributed by atoms with E-state index in [9.17, 15) is 4.79 Å². The van der Waals surface area contributed by atoms with E-state index in [0.717, 1.165) is 51.6 Å². The number of aromatic amines is 1. The second kappa shape index (κ2) is 10.7. The van der Waals surface area contributed by atoms with Gasteiger partial charge in [0.05, 0.1) is 16.7 Å². The number of benzene rings is 2. The van der Waals surface area contributed by atoms with Crippen molar-refractivity contribution < 1.29 is 9.53 Å². The average Bonchev–Trinajstić information content (AvgIpc) is 3.22. The highest BCUT2D eigenvalue weighted by Gasteiger charge is 2.20. The molecule has 1 fully saturated rings. The summed E-state index contributed by atoms with van der Waals surface area (Å²) in [6, 6.07) is 13.8. The minimum Gasteiger partial charge on any atom is -0.444 e. The second-order valence-electron chi connectivity index (χ2n) is 8.21. The minimum atomic E-state index is -0.437. The van der Waals surface area contributed by atoms with Crippen molar-refractivity contribution in [3.8, 4) is 0 Å². The van der Waals surface area contributed by atoms with E-state index in [-0.39, 0.29) is 6.61 Å². The lowest BCUT2D eigenvalue weighted by atomic mass is 9.89. The van der Waals surface area contributed by atoms with Crippen molar-refractivity contribution in [3.05, 3.63) is 53.9 Å². The normalized spacial score (nSPS) is 14.6. The molecular weight excluding hydrogens is 406 g/mol. The first-order valence-electron chi connectivity index (χ1n) is 11.4. The van der Waals surface area contributed by atoms with Crippen molar-refractivity contribution in [3.63, 3.8) is 0 Å². The second-order valence-corrected chi connectivity index (χ2v) is 9.35. The number of hydrogen-bond donors (Lipinski definition) is 2. The number of aromatic nitrogens is 2. The highest BCUT2D eigenvalue weighted by atomic mass is 32.2. The molecule has 1 heterocycles. The topological polar surface area (TPSA) is 67.0 Å². The molecule has 1 amide bonds. The zero-order valence-electron chi connectivity index (χ0n) is 18.2. The first kappa shape index (κ1) is 21.8. The fraction of sp³-hybridized carbons (Fsp3) is 0.440. The highest BCUT2D eigenvalue weighted by Crippen LogP contribution is 2.35. The third-order valence-corrected chi connectivity index (χ3v) is 6.94. The Kier molecular flexibility index (Phi) is 7.52. The van der Waals surface area contributed by atoms with E-state index in [1.807, 2.05) is 36.4 Å². The van der Waals surface area contributed by atoms with E-state index < -0.39 is 6.09 Å². The summed E-state index contributed by atoms with van der Waals surface area (Å²) in [5.74, 6) is 2.61. The molecule has 0 spiro atoms. The largest absolute Gasteiger partial charge is 0.444 e. The summed E-state index contributed by atoms with van der Waals surface area (Å²) in [6.45, 7) is 2.44. The lowest BCUT2D eigenvalue weighted by molar-refractivity contribution is 0.155. The number of carbonyl (C=O) groups is 1. The molecular formula is C25H31N3O2S. The number of hydrogen-bond acceptors (Lipinski definition) is 4. The molecule has 2 N–H and O–H groups in total. The predicted molar refractivity (Wildman–Crippen MR) is 128 cm³/mol. The summed E-state index contributed by atoms with van der Waals surface area (Å²) in [5.41, 5.74) is 3.70. The van der Waals surface area contributed by atoms with Gasteiger partial charge in [0.2, 0.25) is 0 Å². The summed E-state index contributed by atoms with van der Waals surface area (Å²) >= 11 is 1.76. The van der Waals surface area contributed by atoms with Crippen molar-refractivity contribution in [1.29, 1.82) is 0 Å². The molecule has 3 aromatic rings. The minimum absolute atomic E-state index is 0.253. The molecule has 31 heavy (non-hydrogen) atoms. The van der Waals surface area contributed by atoms with Crippen LogP contribution in [0.2, 0.25) is 0 Å². The third kappa shape index (κ3) is 5.82. The molecule has 1 aromatic heterocycles. The van der Waals surface area contributed by atoms with Crippen molar-refractivity contribution in [1.82, 2.24) is 9.97 Å². The van der Waals surface area contributed by atoms with Gasteiger partial charge in [-0.2, -0.15) is 0 Å². The van der Waals surface area contributed by atoms with Crippen LogP contribution in [0.4, 0.5) is 10.5 Å². The zero-order valence-corrected chi connectivity index (χ0v) is 19.0. The number of nitrogens with one attached hydrogen (secondary N) is 2. The van der Waals surface area contributed by atoms with Gasteiger partial charge in [-0.3, -0.25) is 5.32 Å². The molecule has 4 rings (SSSR count). The number of thioether (sulfide) groups is 1. The van der Waals surface area contributed by atoms with Crippen molar-refractivity contribution in [2.75, 3.05) is 11.1 Å². The van der Waals surface area contributed by atoms with Crippen molar-refractivity contribution in [2.24, 2.45) is 0 Å². The highest BCUT2D eigenvalue weighted by molar-refractivity contribution is 7.99. The van der Waals surface area contributed by atoms with Crippen LogP contribution in [0.1, 0.15) is 69.2 Å². The Bertz CT molecular complexity index is 997. The van der Waals surface area contributed by atoms with E-state index >= 15 is 0 Å². The number of rotatable bonds is 8. The number of amides is 1. The van der Waals surface area contributed by atoms with Crippen LogP contribution >= 0.6 is 11.8 Å². The molecule has 1 aliphatic rings.